The monoisotopic (exact) mass is 343 g/mol. The van der Waals surface area contributed by atoms with Gasteiger partial charge in [-0.05, 0) is 30.5 Å². The number of hydrogen-bond donors (Lipinski definition) is 1. The molecule has 3 atom stereocenters. The molecule has 1 aromatic carbocycles. The largest absolute Gasteiger partial charge is 0.504 e. The first-order valence-corrected chi connectivity index (χ1v) is 8.47. The van der Waals surface area contributed by atoms with Crippen LogP contribution >= 0.6 is 0 Å². The Kier molecular flexibility index (Phi) is 3.52. The molecule has 1 heterocycles. The summed E-state index contributed by atoms with van der Waals surface area (Å²) in [5.74, 6) is 0.570. The fourth-order valence-corrected chi connectivity index (χ4v) is 5.00. The maximum Gasteiger partial charge on any atom is 0.409 e. The first-order chi connectivity index (χ1) is 12.0. The van der Waals surface area contributed by atoms with Crippen molar-refractivity contribution in [2.75, 3.05) is 20.8 Å². The number of benzene rings is 1. The summed E-state index contributed by atoms with van der Waals surface area (Å²) < 4.78 is 10.2. The highest BCUT2D eigenvalue weighted by Gasteiger charge is 2.56. The number of phenols is 1. The zero-order valence-electron chi connectivity index (χ0n) is 14.3. The van der Waals surface area contributed by atoms with Crippen molar-refractivity contribution in [2.24, 2.45) is 5.92 Å². The van der Waals surface area contributed by atoms with E-state index in [2.05, 4.69) is 0 Å². The van der Waals surface area contributed by atoms with Gasteiger partial charge in [0.15, 0.2) is 17.3 Å². The van der Waals surface area contributed by atoms with Gasteiger partial charge in [0.2, 0.25) is 0 Å². The first kappa shape index (κ1) is 16.0. The number of methoxy groups -OCH3 is 2. The molecule has 2 aliphatic carbocycles. The van der Waals surface area contributed by atoms with E-state index in [1.807, 2.05) is 12.1 Å². The van der Waals surface area contributed by atoms with Gasteiger partial charge in [0.1, 0.15) is 0 Å². The van der Waals surface area contributed by atoms with Gasteiger partial charge >= 0.3 is 6.09 Å². The number of phenolic OH excluding ortho intramolecular Hbond substituents is 1. The second-order valence-electron chi connectivity index (χ2n) is 7.02. The number of fused-ring (bicyclic) bond motifs is 1. The van der Waals surface area contributed by atoms with Gasteiger partial charge in [-0.15, -0.1) is 0 Å². The highest BCUT2D eigenvalue weighted by atomic mass is 16.5. The lowest BCUT2D eigenvalue weighted by Gasteiger charge is -2.56. The van der Waals surface area contributed by atoms with E-state index >= 15 is 0 Å². The van der Waals surface area contributed by atoms with Crippen LogP contribution in [0.5, 0.6) is 11.5 Å². The van der Waals surface area contributed by atoms with E-state index in [0.29, 0.717) is 31.6 Å². The molecule has 1 aliphatic heterocycles. The fourth-order valence-electron chi connectivity index (χ4n) is 5.00. The highest BCUT2D eigenvalue weighted by molar-refractivity contribution is 5.92. The Morgan fingerprint density at radius 2 is 2.16 bits per heavy atom. The van der Waals surface area contributed by atoms with Crippen molar-refractivity contribution in [1.82, 2.24) is 4.90 Å². The molecule has 3 aliphatic rings. The lowest BCUT2D eigenvalue weighted by atomic mass is 9.53. The Labute approximate surface area is 146 Å². The molecule has 1 saturated heterocycles. The molecule has 132 valence electrons. The zero-order chi connectivity index (χ0) is 17.8. The number of carbonyl (C=O) groups is 2. The van der Waals surface area contributed by atoms with Crippen LogP contribution in [0.25, 0.3) is 0 Å². The summed E-state index contributed by atoms with van der Waals surface area (Å²) in [6.07, 6.45) is 4.74. The first-order valence-electron chi connectivity index (χ1n) is 8.47. The standard InChI is InChI=1S/C19H21NO5/c1-24-15-6-3-11-9-14-13-5-4-12(21)10-19(13,16(11)17(15)22)7-8-20(14)18(23)25-2/h3-6,13-14,22H,7-10H2,1-2H3/t13-,14+,19-/m0/s1. The summed E-state index contributed by atoms with van der Waals surface area (Å²) in [7, 11) is 2.91. The van der Waals surface area contributed by atoms with Crippen molar-refractivity contribution in [3.8, 4) is 11.5 Å². The van der Waals surface area contributed by atoms with Gasteiger partial charge < -0.3 is 19.5 Å². The topological polar surface area (TPSA) is 76.1 Å². The second kappa shape index (κ2) is 5.51. The molecule has 1 amide bonds. The van der Waals surface area contributed by atoms with Crippen LogP contribution in [-0.2, 0) is 21.4 Å². The van der Waals surface area contributed by atoms with Crippen molar-refractivity contribution < 1.29 is 24.2 Å². The van der Waals surface area contributed by atoms with Gasteiger partial charge in [0.25, 0.3) is 0 Å². The SMILES string of the molecule is COC(=O)N1CC[C@]23CC(=O)C=C[C@H]2[C@H]1Cc1ccc(OC)c(O)c13. The molecule has 2 bridgehead atoms. The lowest BCUT2D eigenvalue weighted by molar-refractivity contribution is -0.118. The number of likely N-dealkylation sites (tertiary alicyclic amines) is 1. The van der Waals surface area contributed by atoms with Crippen LogP contribution in [0.1, 0.15) is 24.0 Å². The molecule has 6 heteroatoms. The summed E-state index contributed by atoms with van der Waals surface area (Å²) in [6.45, 7) is 0.505. The summed E-state index contributed by atoms with van der Waals surface area (Å²) in [5, 5.41) is 10.8. The van der Waals surface area contributed by atoms with E-state index in [1.165, 1.54) is 14.2 Å². The van der Waals surface area contributed by atoms with E-state index in [1.54, 1.807) is 17.0 Å². The van der Waals surface area contributed by atoms with E-state index < -0.39 is 5.41 Å². The van der Waals surface area contributed by atoms with E-state index in [0.717, 1.165) is 11.1 Å². The van der Waals surface area contributed by atoms with Crippen molar-refractivity contribution in [3.05, 3.63) is 35.4 Å². The highest BCUT2D eigenvalue weighted by Crippen LogP contribution is 2.57. The fraction of sp³-hybridized carbons (Fsp3) is 0.474. The summed E-state index contributed by atoms with van der Waals surface area (Å²) >= 11 is 0. The average molecular weight is 343 g/mol. The molecule has 4 rings (SSSR count). The maximum atomic E-state index is 12.3. The number of carbonyl (C=O) groups excluding carboxylic acids is 2. The summed E-state index contributed by atoms with van der Waals surface area (Å²) in [4.78, 5) is 26.2. The van der Waals surface area contributed by atoms with Crippen molar-refractivity contribution in [3.63, 3.8) is 0 Å². The van der Waals surface area contributed by atoms with E-state index in [-0.39, 0.29) is 29.6 Å². The van der Waals surface area contributed by atoms with E-state index in [9.17, 15) is 14.7 Å². The number of aromatic hydroxyl groups is 1. The molecule has 0 spiro atoms. The number of amides is 1. The predicted octanol–water partition coefficient (Wildman–Crippen LogP) is 2.18. The smallest absolute Gasteiger partial charge is 0.409 e. The number of piperidine rings is 1. The van der Waals surface area contributed by atoms with Crippen molar-refractivity contribution in [1.29, 1.82) is 0 Å². The van der Waals surface area contributed by atoms with Gasteiger partial charge in [-0.2, -0.15) is 0 Å². The number of hydrogen-bond acceptors (Lipinski definition) is 5. The predicted molar refractivity (Wildman–Crippen MR) is 89.8 cm³/mol. The number of rotatable bonds is 1. The number of nitrogens with zero attached hydrogens (tertiary/aromatic N) is 1. The van der Waals surface area contributed by atoms with Crippen LogP contribution in [0.2, 0.25) is 0 Å². The molecule has 0 aromatic heterocycles. The molecule has 25 heavy (non-hydrogen) atoms. The Morgan fingerprint density at radius 3 is 2.88 bits per heavy atom. The molecule has 0 unspecified atom stereocenters. The number of ketones is 1. The third-order valence-electron chi connectivity index (χ3n) is 6.01. The summed E-state index contributed by atoms with van der Waals surface area (Å²) in [6, 6.07) is 3.59. The number of ether oxygens (including phenoxy) is 2. The normalized spacial score (nSPS) is 29.7. The Bertz CT molecular complexity index is 786. The second-order valence-corrected chi connectivity index (χ2v) is 7.02. The Morgan fingerprint density at radius 1 is 1.36 bits per heavy atom. The lowest BCUT2D eigenvalue weighted by Crippen LogP contribution is -2.62. The van der Waals surface area contributed by atoms with Gasteiger partial charge in [-0.25, -0.2) is 4.79 Å². The Balaban J connectivity index is 1.92. The minimum Gasteiger partial charge on any atom is -0.504 e. The van der Waals surface area contributed by atoms with Crippen LogP contribution in [0.15, 0.2) is 24.3 Å². The van der Waals surface area contributed by atoms with Crippen molar-refractivity contribution in [2.45, 2.75) is 30.7 Å². The molecular weight excluding hydrogens is 322 g/mol. The third kappa shape index (κ3) is 2.09. The van der Waals surface area contributed by atoms with Gasteiger partial charge in [0, 0.05) is 35.9 Å². The van der Waals surface area contributed by atoms with Crippen LogP contribution < -0.4 is 4.74 Å². The quantitative estimate of drug-likeness (QED) is 0.846. The minimum atomic E-state index is -0.493. The van der Waals surface area contributed by atoms with Crippen LogP contribution in [0, 0.1) is 5.92 Å². The average Bonchev–Trinajstić information content (AvgIpc) is 2.60. The molecule has 0 radical (unpaired) electrons. The molecule has 1 N–H and O–H groups in total. The van der Waals surface area contributed by atoms with Gasteiger partial charge in [0.05, 0.1) is 14.2 Å². The third-order valence-corrected chi connectivity index (χ3v) is 6.01. The minimum absolute atomic E-state index is 0.0245. The molecule has 1 fully saturated rings. The van der Waals surface area contributed by atoms with E-state index in [4.69, 9.17) is 9.47 Å². The molecule has 6 nitrogen and oxygen atoms in total. The van der Waals surface area contributed by atoms with Crippen LogP contribution in [0.4, 0.5) is 4.79 Å². The number of allylic oxidation sites excluding steroid dienone is 1. The Hall–Kier alpha value is -2.50. The maximum absolute atomic E-state index is 12.3. The van der Waals surface area contributed by atoms with Crippen LogP contribution in [-0.4, -0.2) is 48.7 Å². The van der Waals surface area contributed by atoms with Gasteiger partial charge in [-0.1, -0.05) is 12.1 Å². The molecular formula is C19H21NO5. The van der Waals surface area contributed by atoms with Crippen LogP contribution in [0.3, 0.4) is 0 Å². The molecule has 1 aromatic rings. The van der Waals surface area contributed by atoms with Crippen molar-refractivity contribution >= 4 is 11.9 Å². The zero-order valence-corrected chi connectivity index (χ0v) is 14.3. The molecule has 0 saturated carbocycles. The van der Waals surface area contributed by atoms with Gasteiger partial charge in [-0.3, -0.25) is 4.79 Å². The summed E-state index contributed by atoms with van der Waals surface area (Å²) in [5.41, 5.74) is 1.29.